The molecule has 1 aliphatic heterocycles. The van der Waals surface area contributed by atoms with Crippen molar-refractivity contribution < 1.29 is 0 Å². The number of hydrogen-bond donors (Lipinski definition) is 2. The van der Waals surface area contributed by atoms with Crippen molar-refractivity contribution >= 4 is 0 Å². The van der Waals surface area contributed by atoms with E-state index >= 15 is 0 Å². The molecule has 1 aliphatic rings. The molecule has 11 heavy (non-hydrogen) atoms. The molecule has 3 N–H and O–H groups in total. The van der Waals surface area contributed by atoms with Gasteiger partial charge in [0.15, 0.2) is 0 Å². The minimum absolute atomic E-state index is 0.387. The second kappa shape index (κ2) is 4.73. The average Bonchev–Trinajstić information content (AvgIpc) is 2.14. The van der Waals surface area contributed by atoms with Crippen molar-refractivity contribution in [1.82, 2.24) is 5.32 Å². The molecule has 0 aliphatic carbocycles. The first-order chi connectivity index (χ1) is 5.29. The molecule has 0 radical (unpaired) electrons. The van der Waals surface area contributed by atoms with E-state index in [0.29, 0.717) is 6.04 Å². The molecule has 2 unspecified atom stereocenters. The molecule has 2 atom stereocenters. The van der Waals surface area contributed by atoms with Crippen LogP contribution in [0.1, 0.15) is 32.6 Å². The van der Waals surface area contributed by atoms with Gasteiger partial charge < -0.3 is 11.1 Å². The Hall–Kier alpha value is -0.0800. The Morgan fingerprint density at radius 3 is 3.00 bits per heavy atom. The van der Waals surface area contributed by atoms with Crippen LogP contribution in [0.25, 0.3) is 0 Å². The SMILES string of the molecule is CC(N)CC1CCCNCC1. The minimum Gasteiger partial charge on any atom is -0.328 e. The topological polar surface area (TPSA) is 38.0 Å². The number of rotatable bonds is 2. The first-order valence-electron chi connectivity index (χ1n) is 4.75. The predicted molar refractivity (Wildman–Crippen MR) is 48.5 cm³/mol. The third-order valence-corrected chi connectivity index (χ3v) is 2.40. The maximum atomic E-state index is 5.75. The lowest BCUT2D eigenvalue weighted by Gasteiger charge is -2.15. The molecule has 0 amide bonds. The van der Waals surface area contributed by atoms with Crippen molar-refractivity contribution in [3.05, 3.63) is 0 Å². The van der Waals surface area contributed by atoms with Gasteiger partial charge >= 0.3 is 0 Å². The van der Waals surface area contributed by atoms with Gasteiger partial charge in [-0.05, 0) is 51.6 Å². The van der Waals surface area contributed by atoms with Crippen molar-refractivity contribution in [3.8, 4) is 0 Å². The molecular formula is C9H20N2. The molecular weight excluding hydrogens is 136 g/mol. The van der Waals surface area contributed by atoms with Crippen molar-refractivity contribution in [2.24, 2.45) is 11.7 Å². The van der Waals surface area contributed by atoms with Gasteiger partial charge in [0.05, 0.1) is 0 Å². The Bertz CT molecular complexity index is 93.7. The fourth-order valence-electron chi connectivity index (χ4n) is 1.85. The van der Waals surface area contributed by atoms with Crippen LogP contribution in [0.2, 0.25) is 0 Å². The van der Waals surface area contributed by atoms with Gasteiger partial charge in [0.2, 0.25) is 0 Å². The second-order valence-electron chi connectivity index (χ2n) is 3.76. The van der Waals surface area contributed by atoms with Gasteiger partial charge in [-0.2, -0.15) is 0 Å². The maximum Gasteiger partial charge on any atom is 0.00131 e. The van der Waals surface area contributed by atoms with Gasteiger partial charge in [0.1, 0.15) is 0 Å². The normalized spacial score (nSPS) is 29.5. The van der Waals surface area contributed by atoms with E-state index in [1.165, 1.54) is 38.8 Å². The highest BCUT2D eigenvalue weighted by molar-refractivity contribution is 4.69. The maximum absolute atomic E-state index is 5.75. The third kappa shape index (κ3) is 3.73. The van der Waals surface area contributed by atoms with Crippen LogP contribution in [0.4, 0.5) is 0 Å². The standard InChI is InChI=1S/C9H20N2/c1-8(10)7-9-3-2-5-11-6-4-9/h8-9,11H,2-7,10H2,1H3. The van der Waals surface area contributed by atoms with Crippen LogP contribution in [0.3, 0.4) is 0 Å². The van der Waals surface area contributed by atoms with Crippen LogP contribution in [-0.2, 0) is 0 Å². The van der Waals surface area contributed by atoms with E-state index in [4.69, 9.17) is 5.73 Å². The first-order valence-corrected chi connectivity index (χ1v) is 4.75. The van der Waals surface area contributed by atoms with Gasteiger partial charge in [-0.1, -0.05) is 0 Å². The van der Waals surface area contributed by atoms with E-state index in [0.717, 1.165) is 5.92 Å². The highest BCUT2D eigenvalue weighted by Crippen LogP contribution is 2.18. The third-order valence-electron chi connectivity index (χ3n) is 2.40. The molecule has 1 saturated heterocycles. The quantitative estimate of drug-likeness (QED) is 0.628. The van der Waals surface area contributed by atoms with Crippen molar-refractivity contribution in [3.63, 3.8) is 0 Å². The van der Waals surface area contributed by atoms with E-state index in [-0.39, 0.29) is 0 Å². The van der Waals surface area contributed by atoms with Crippen LogP contribution in [0.5, 0.6) is 0 Å². The van der Waals surface area contributed by atoms with E-state index in [1.807, 2.05) is 0 Å². The summed E-state index contributed by atoms with van der Waals surface area (Å²) in [5.41, 5.74) is 5.75. The fourth-order valence-corrected chi connectivity index (χ4v) is 1.85. The Morgan fingerprint density at radius 2 is 2.27 bits per heavy atom. The van der Waals surface area contributed by atoms with Crippen LogP contribution < -0.4 is 11.1 Å². The summed E-state index contributed by atoms with van der Waals surface area (Å²) in [6.45, 7) is 4.51. The lowest BCUT2D eigenvalue weighted by Crippen LogP contribution is -2.20. The first kappa shape index (κ1) is 9.01. The zero-order chi connectivity index (χ0) is 8.10. The van der Waals surface area contributed by atoms with Crippen LogP contribution >= 0.6 is 0 Å². The zero-order valence-electron chi connectivity index (χ0n) is 7.47. The van der Waals surface area contributed by atoms with Gasteiger partial charge in [-0.25, -0.2) is 0 Å². The highest BCUT2D eigenvalue weighted by Gasteiger charge is 2.12. The lowest BCUT2D eigenvalue weighted by molar-refractivity contribution is 0.407. The van der Waals surface area contributed by atoms with Crippen molar-refractivity contribution in [2.45, 2.75) is 38.6 Å². The minimum atomic E-state index is 0.387. The Morgan fingerprint density at radius 1 is 1.45 bits per heavy atom. The zero-order valence-corrected chi connectivity index (χ0v) is 7.47. The van der Waals surface area contributed by atoms with Gasteiger partial charge in [-0.3, -0.25) is 0 Å². The Balaban J connectivity index is 2.20. The largest absolute Gasteiger partial charge is 0.328 e. The molecule has 0 saturated carbocycles. The number of nitrogens with one attached hydrogen (secondary N) is 1. The smallest absolute Gasteiger partial charge is 0.00131 e. The monoisotopic (exact) mass is 156 g/mol. The molecule has 1 heterocycles. The fraction of sp³-hybridized carbons (Fsp3) is 1.00. The molecule has 0 aromatic rings. The van der Waals surface area contributed by atoms with E-state index in [1.54, 1.807) is 0 Å². The van der Waals surface area contributed by atoms with Gasteiger partial charge in [0, 0.05) is 6.04 Å². The Labute approximate surface area is 69.5 Å². The summed E-state index contributed by atoms with van der Waals surface area (Å²) in [5, 5.41) is 3.41. The summed E-state index contributed by atoms with van der Waals surface area (Å²) in [6.07, 6.45) is 5.23. The van der Waals surface area contributed by atoms with Crippen LogP contribution in [0.15, 0.2) is 0 Å². The molecule has 0 aromatic carbocycles. The molecule has 0 spiro atoms. The second-order valence-corrected chi connectivity index (χ2v) is 3.76. The molecule has 66 valence electrons. The summed E-state index contributed by atoms with van der Waals surface area (Å²) in [7, 11) is 0. The van der Waals surface area contributed by atoms with E-state index in [2.05, 4.69) is 12.2 Å². The molecule has 2 nitrogen and oxygen atoms in total. The molecule has 0 bridgehead atoms. The van der Waals surface area contributed by atoms with Crippen LogP contribution in [-0.4, -0.2) is 19.1 Å². The summed E-state index contributed by atoms with van der Waals surface area (Å²) in [4.78, 5) is 0. The lowest BCUT2D eigenvalue weighted by atomic mass is 9.94. The predicted octanol–water partition coefficient (Wildman–Crippen LogP) is 1.11. The molecule has 1 fully saturated rings. The van der Waals surface area contributed by atoms with Gasteiger partial charge in [0.25, 0.3) is 0 Å². The summed E-state index contributed by atoms with van der Waals surface area (Å²) in [5.74, 6) is 0.880. The molecule has 1 rings (SSSR count). The average molecular weight is 156 g/mol. The van der Waals surface area contributed by atoms with Gasteiger partial charge in [-0.15, -0.1) is 0 Å². The van der Waals surface area contributed by atoms with E-state index in [9.17, 15) is 0 Å². The van der Waals surface area contributed by atoms with Crippen LogP contribution in [0, 0.1) is 5.92 Å². The van der Waals surface area contributed by atoms with Crippen molar-refractivity contribution in [2.75, 3.05) is 13.1 Å². The molecule has 2 heteroatoms. The highest BCUT2D eigenvalue weighted by atomic mass is 14.8. The summed E-state index contributed by atoms with van der Waals surface area (Å²) < 4.78 is 0. The Kier molecular flexibility index (Phi) is 3.87. The molecule has 0 aromatic heterocycles. The number of nitrogens with two attached hydrogens (primary N) is 1. The summed E-state index contributed by atoms with van der Waals surface area (Å²) >= 11 is 0. The number of hydrogen-bond acceptors (Lipinski definition) is 2. The van der Waals surface area contributed by atoms with Crippen molar-refractivity contribution in [1.29, 1.82) is 0 Å². The van der Waals surface area contributed by atoms with E-state index < -0.39 is 0 Å². The summed E-state index contributed by atoms with van der Waals surface area (Å²) in [6, 6.07) is 0.387.